The molecule has 2 aliphatic rings. The molecule has 1 aliphatic heterocycles. The minimum Gasteiger partial charge on any atom is -0.481 e. The first-order valence-electron chi connectivity index (χ1n) is 7.81. The molecule has 3 rings (SSSR count). The van der Waals surface area contributed by atoms with Crippen molar-refractivity contribution >= 4 is 23.6 Å². The number of amides is 1. The molecule has 0 aromatic heterocycles. The quantitative estimate of drug-likeness (QED) is 0.906. The number of likely N-dealkylation sites (tertiary alicyclic amines) is 1. The molecule has 5 heteroatoms. The van der Waals surface area contributed by atoms with Gasteiger partial charge < -0.3 is 10.0 Å². The van der Waals surface area contributed by atoms with Crippen molar-refractivity contribution in [3.8, 4) is 0 Å². The van der Waals surface area contributed by atoms with Crippen LogP contribution in [0, 0.1) is 5.92 Å². The first-order chi connectivity index (χ1) is 10.7. The first kappa shape index (κ1) is 15.4. The third kappa shape index (κ3) is 3.14. The minimum absolute atomic E-state index is 0.00418. The maximum absolute atomic E-state index is 12.5. The van der Waals surface area contributed by atoms with Crippen molar-refractivity contribution in [1.29, 1.82) is 0 Å². The van der Waals surface area contributed by atoms with Gasteiger partial charge in [0.25, 0.3) is 0 Å². The fraction of sp³-hybridized carbons (Fsp3) is 0.529. The van der Waals surface area contributed by atoms with E-state index < -0.39 is 5.97 Å². The largest absolute Gasteiger partial charge is 0.481 e. The summed E-state index contributed by atoms with van der Waals surface area (Å²) >= 11 is 1.20. The second-order valence-corrected chi connectivity index (χ2v) is 7.10. The number of aliphatic carboxylic acids is 1. The summed E-state index contributed by atoms with van der Waals surface area (Å²) in [5, 5.41) is 8.69. The van der Waals surface area contributed by atoms with Crippen LogP contribution in [0.25, 0.3) is 0 Å². The van der Waals surface area contributed by atoms with Crippen LogP contribution >= 0.6 is 11.8 Å². The van der Waals surface area contributed by atoms with Crippen LogP contribution in [0.4, 0.5) is 0 Å². The van der Waals surface area contributed by atoms with E-state index in [-0.39, 0.29) is 17.4 Å². The van der Waals surface area contributed by atoms with Gasteiger partial charge in [-0.15, -0.1) is 11.8 Å². The summed E-state index contributed by atoms with van der Waals surface area (Å²) in [7, 11) is 0. The van der Waals surface area contributed by atoms with Gasteiger partial charge in [-0.3, -0.25) is 9.59 Å². The zero-order valence-electron chi connectivity index (χ0n) is 12.5. The van der Waals surface area contributed by atoms with E-state index >= 15 is 0 Å². The Bertz CT molecular complexity index is 548. The molecule has 0 spiro atoms. The van der Waals surface area contributed by atoms with Gasteiger partial charge >= 0.3 is 5.97 Å². The van der Waals surface area contributed by atoms with E-state index in [1.54, 1.807) is 0 Å². The monoisotopic (exact) mass is 319 g/mol. The number of hydrogen-bond donors (Lipinski definition) is 1. The van der Waals surface area contributed by atoms with Crippen molar-refractivity contribution in [2.45, 2.75) is 31.2 Å². The number of thioether (sulfide) groups is 1. The Kier molecular flexibility index (Phi) is 4.71. The number of benzene rings is 1. The van der Waals surface area contributed by atoms with Gasteiger partial charge in [-0.1, -0.05) is 36.8 Å². The highest BCUT2D eigenvalue weighted by Crippen LogP contribution is 2.46. The average Bonchev–Trinajstić information content (AvgIpc) is 3.09. The van der Waals surface area contributed by atoms with E-state index in [4.69, 9.17) is 5.11 Å². The SMILES string of the molecule is O=C(O)CSCC(=O)N1CC(c2ccccc2)C2CCCC21. The van der Waals surface area contributed by atoms with E-state index in [0.717, 1.165) is 13.0 Å². The minimum atomic E-state index is -0.861. The summed E-state index contributed by atoms with van der Waals surface area (Å²) in [5.41, 5.74) is 1.33. The lowest BCUT2D eigenvalue weighted by Gasteiger charge is -2.23. The Labute approximate surface area is 134 Å². The van der Waals surface area contributed by atoms with Crippen LogP contribution in [0.1, 0.15) is 30.7 Å². The summed E-state index contributed by atoms with van der Waals surface area (Å²) in [6, 6.07) is 10.8. The highest BCUT2D eigenvalue weighted by atomic mass is 32.2. The molecule has 1 aromatic carbocycles. The Morgan fingerprint density at radius 2 is 1.95 bits per heavy atom. The lowest BCUT2D eigenvalue weighted by atomic mass is 9.87. The molecule has 3 atom stereocenters. The second-order valence-electron chi connectivity index (χ2n) is 6.11. The van der Waals surface area contributed by atoms with Crippen LogP contribution in [0.2, 0.25) is 0 Å². The molecule has 0 bridgehead atoms. The van der Waals surface area contributed by atoms with Crippen molar-refractivity contribution in [3.63, 3.8) is 0 Å². The average molecular weight is 319 g/mol. The molecule has 1 saturated heterocycles. The van der Waals surface area contributed by atoms with Crippen LogP contribution in [0.5, 0.6) is 0 Å². The molecule has 1 amide bonds. The molecule has 1 N–H and O–H groups in total. The number of hydrogen-bond acceptors (Lipinski definition) is 3. The number of fused-ring (bicyclic) bond motifs is 1. The molecule has 1 heterocycles. The molecule has 1 saturated carbocycles. The third-order valence-corrected chi connectivity index (χ3v) is 5.74. The number of rotatable bonds is 5. The van der Waals surface area contributed by atoms with E-state index in [2.05, 4.69) is 24.3 Å². The summed E-state index contributed by atoms with van der Waals surface area (Å²) < 4.78 is 0. The first-order valence-corrected chi connectivity index (χ1v) is 8.96. The van der Waals surface area contributed by atoms with Gasteiger partial charge in [0, 0.05) is 18.5 Å². The summed E-state index contributed by atoms with van der Waals surface area (Å²) in [6.07, 6.45) is 3.46. The number of carboxylic acids is 1. The van der Waals surface area contributed by atoms with Crippen LogP contribution in [0.15, 0.2) is 30.3 Å². The molecule has 0 radical (unpaired) electrons. The molecule has 2 fully saturated rings. The molecule has 22 heavy (non-hydrogen) atoms. The molecule has 4 nitrogen and oxygen atoms in total. The van der Waals surface area contributed by atoms with E-state index in [1.807, 2.05) is 11.0 Å². The maximum Gasteiger partial charge on any atom is 0.313 e. The number of carbonyl (C=O) groups is 2. The van der Waals surface area contributed by atoms with Crippen molar-refractivity contribution in [2.75, 3.05) is 18.1 Å². The van der Waals surface area contributed by atoms with Gasteiger partial charge in [-0.05, 0) is 24.3 Å². The fourth-order valence-electron chi connectivity index (χ4n) is 3.96. The maximum atomic E-state index is 12.5. The number of nitrogens with zero attached hydrogens (tertiary/aromatic N) is 1. The van der Waals surface area contributed by atoms with Gasteiger partial charge in [0.05, 0.1) is 11.5 Å². The van der Waals surface area contributed by atoms with Gasteiger partial charge in [-0.2, -0.15) is 0 Å². The Morgan fingerprint density at radius 3 is 2.68 bits per heavy atom. The Hall–Kier alpha value is -1.49. The van der Waals surface area contributed by atoms with Crippen LogP contribution in [0.3, 0.4) is 0 Å². The third-order valence-electron chi connectivity index (χ3n) is 4.84. The fourth-order valence-corrected chi connectivity index (χ4v) is 4.57. The predicted molar refractivity (Wildman–Crippen MR) is 87.0 cm³/mol. The van der Waals surface area contributed by atoms with Crippen molar-refractivity contribution in [2.24, 2.45) is 5.92 Å². The van der Waals surface area contributed by atoms with E-state index in [1.165, 1.54) is 30.2 Å². The van der Waals surface area contributed by atoms with Crippen molar-refractivity contribution < 1.29 is 14.7 Å². The Balaban J connectivity index is 1.68. The standard InChI is InChI=1S/C17H21NO3S/c19-16(10-22-11-17(20)21)18-9-14(12-5-2-1-3-6-12)13-7-4-8-15(13)18/h1-3,5-6,13-15H,4,7-11H2,(H,20,21). The smallest absolute Gasteiger partial charge is 0.313 e. The molecule has 1 aliphatic carbocycles. The molecule has 1 aromatic rings. The lowest BCUT2D eigenvalue weighted by Crippen LogP contribution is -2.37. The van der Waals surface area contributed by atoms with Gasteiger partial charge in [0.2, 0.25) is 5.91 Å². The normalized spacial score (nSPS) is 26.9. The summed E-state index contributed by atoms with van der Waals surface area (Å²) in [6.45, 7) is 0.784. The highest BCUT2D eigenvalue weighted by molar-refractivity contribution is 8.00. The van der Waals surface area contributed by atoms with Gasteiger partial charge in [-0.25, -0.2) is 0 Å². The predicted octanol–water partition coefficient (Wildman–Crippen LogP) is 2.60. The van der Waals surface area contributed by atoms with Gasteiger partial charge in [0.15, 0.2) is 0 Å². The highest BCUT2D eigenvalue weighted by Gasteiger charge is 2.46. The van der Waals surface area contributed by atoms with Crippen molar-refractivity contribution in [3.05, 3.63) is 35.9 Å². The van der Waals surface area contributed by atoms with E-state index in [0.29, 0.717) is 17.9 Å². The molecule has 3 unspecified atom stereocenters. The van der Waals surface area contributed by atoms with E-state index in [9.17, 15) is 9.59 Å². The number of carbonyl (C=O) groups excluding carboxylic acids is 1. The van der Waals surface area contributed by atoms with Crippen molar-refractivity contribution in [1.82, 2.24) is 4.90 Å². The summed E-state index contributed by atoms with van der Waals surface area (Å²) in [5.74, 6) is 0.506. The topological polar surface area (TPSA) is 57.6 Å². The lowest BCUT2D eigenvalue weighted by molar-refractivity contribution is -0.133. The molecular weight excluding hydrogens is 298 g/mol. The number of carboxylic acid groups (broad SMARTS) is 1. The van der Waals surface area contributed by atoms with Crippen LogP contribution in [-0.2, 0) is 9.59 Å². The zero-order valence-corrected chi connectivity index (χ0v) is 13.3. The zero-order chi connectivity index (χ0) is 15.5. The Morgan fingerprint density at radius 1 is 1.18 bits per heavy atom. The molecule has 118 valence electrons. The summed E-state index contributed by atoms with van der Waals surface area (Å²) in [4.78, 5) is 25.1. The van der Waals surface area contributed by atoms with Crippen LogP contribution < -0.4 is 0 Å². The molecular formula is C17H21NO3S. The van der Waals surface area contributed by atoms with Crippen LogP contribution in [-0.4, -0.2) is 46.0 Å². The van der Waals surface area contributed by atoms with Gasteiger partial charge in [0.1, 0.15) is 0 Å². The second kappa shape index (κ2) is 6.73.